The van der Waals surface area contributed by atoms with Crippen molar-refractivity contribution in [2.75, 3.05) is 19.6 Å². The summed E-state index contributed by atoms with van der Waals surface area (Å²) in [6.45, 7) is 11.5. The second kappa shape index (κ2) is 10.8. The van der Waals surface area contributed by atoms with Crippen molar-refractivity contribution in [3.8, 4) is 11.5 Å². The fraction of sp³-hybridized carbons (Fsp3) is 0.515. The summed E-state index contributed by atoms with van der Waals surface area (Å²) in [6.07, 6.45) is 4.03. The number of benzene rings is 2. The van der Waals surface area contributed by atoms with E-state index >= 15 is 0 Å². The van der Waals surface area contributed by atoms with Crippen LogP contribution in [0.15, 0.2) is 43.0 Å². The minimum atomic E-state index is -1.07. The lowest BCUT2D eigenvalue weighted by Crippen LogP contribution is -2.78. The standard InChI is InChI=1S/C33H38Cl2N2O5/c1-5-13-36-14-12-32-29-22-7-9-26(41-20(4)38)30(29)42-31(32)25(10-11-33(32,40)27(36)17-22)37(18-19(2)3)28(39)16-21-6-8-23(34)24(35)15-21/h5-9,15,19,25,27,31,40H,1,10-14,16-18H2,2-4H3/t25-,27+,31-,32-,33+/m0/s1. The summed E-state index contributed by atoms with van der Waals surface area (Å²) in [7, 11) is 0. The molecule has 5 atom stereocenters. The molecule has 0 radical (unpaired) electrons. The highest BCUT2D eigenvalue weighted by Gasteiger charge is 2.73. The van der Waals surface area contributed by atoms with E-state index in [-0.39, 0.29) is 30.3 Å². The van der Waals surface area contributed by atoms with Crippen LogP contribution in [-0.2, 0) is 27.8 Å². The molecule has 4 aliphatic rings. The quantitative estimate of drug-likeness (QED) is 0.246. The molecule has 2 aromatic rings. The number of carbonyl (C=O) groups is 2. The Bertz CT molecular complexity index is 1450. The van der Waals surface area contributed by atoms with Gasteiger partial charge in [0.25, 0.3) is 0 Å². The zero-order valence-electron chi connectivity index (χ0n) is 24.4. The number of hydrogen-bond donors (Lipinski definition) is 1. The zero-order chi connectivity index (χ0) is 30.0. The fourth-order valence-corrected chi connectivity index (χ4v) is 8.60. The second-order valence-corrected chi connectivity index (χ2v) is 13.5. The number of piperidine rings is 1. The van der Waals surface area contributed by atoms with E-state index in [0.717, 1.165) is 23.2 Å². The predicted octanol–water partition coefficient (Wildman–Crippen LogP) is 5.35. The molecule has 6 rings (SSSR count). The molecule has 2 aliphatic heterocycles. The number of likely N-dealkylation sites (tertiary alicyclic amines) is 1. The normalized spacial score (nSPS) is 29.1. The third-order valence-corrected chi connectivity index (χ3v) is 10.5. The summed E-state index contributed by atoms with van der Waals surface area (Å²) in [5, 5.41) is 13.7. The van der Waals surface area contributed by atoms with Crippen molar-refractivity contribution in [1.82, 2.24) is 9.80 Å². The monoisotopic (exact) mass is 612 g/mol. The van der Waals surface area contributed by atoms with Gasteiger partial charge in [-0.3, -0.25) is 14.5 Å². The summed E-state index contributed by atoms with van der Waals surface area (Å²) in [4.78, 5) is 30.5. The third kappa shape index (κ3) is 4.47. The third-order valence-electron chi connectivity index (χ3n) is 9.77. The Balaban J connectivity index is 1.45. The number of hydrogen-bond acceptors (Lipinski definition) is 6. The Morgan fingerprint density at radius 1 is 1.24 bits per heavy atom. The Labute approximate surface area is 257 Å². The molecule has 42 heavy (non-hydrogen) atoms. The van der Waals surface area contributed by atoms with Gasteiger partial charge in [0, 0.05) is 31.6 Å². The maximum atomic E-state index is 14.1. The average Bonchev–Trinajstić information content (AvgIpc) is 3.28. The first-order chi connectivity index (χ1) is 20.0. The number of esters is 1. The average molecular weight is 614 g/mol. The van der Waals surface area contributed by atoms with Crippen molar-refractivity contribution < 1.29 is 24.2 Å². The number of amides is 1. The molecular formula is C33H38Cl2N2O5. The van der Waals surface area contributed by atoms with Gasteiger partial charge in [-0.15, -0.1) is 6.58 Å². The minimum absolute atomic E-state index is 0.0228. The van der Waals surface area contributed by atoms with Crippen LogP contribution >= 0.6 is 23.2 Å². The van der Waals surface area contributed by atoms with E-state index in [0.29, 0.717) is 60.3 Å². The van der Waals surface area contributed by atoms with Gasteiger partial charge in [-0.1, -0.05) is 55.3 Å². The van der Waals surface area contributed by atoms with Crippen molar-refractivity contribution >= 4 is 35.1 Å². The van der Waals surface area contributed by atoms with Crippen LogP contribution in [0.2, 0.25) is 10.0 Å². The Morgan fingerprint density at radius 2 is 2.02 bits per heavy atom. The fourth-order valence-electron chi connectivity index (χ4n) is 8.27. The van der Waals surface area contributed by atoms with Crippen LogP contribution in [0.3, 0.4) is 0 Å². The molecule has 7 nitrogen and oxygen atoms in total. The highest BCUT2D eigenvalue weighted by Crippen LogP contribution is 2.66. The molecule has 1 saturated heterocycles. The number of rotatable bonds is 8. The summed E-state index contributed by atoms with van der Waals surface area (Å²) in [5.41, 5.74) is 1.04. The van der Waals surface area contributed by atoms with Gasteiger partial charge >= 0.3 is 5.97 Å². The van der Waals surface area contributed by atoms with Crippen molar-refractivity contribution in [2.24, 2.45) is 5.92 Å². The van der Waals surface area contributed by atoms with Gasteiger partial charge in [0.05, 0.1) is 33.5 Å². The Hall–Kier alpha value is -2.58. The highest BCUT2D eigenvalue weighted by atomic mass is 35.5. The van der Waals surface area contributed by atoms with Gasteiger partial charge < -0.3 is 19.5 Å². The Morgan fingerprint density at radius 3 is 2.71 bits per heavy atom. The van der Waals surface area contributed by atoms with Crippen molar-refractivity contribution in [2.45, 2.75) is 82.1 Å². The molecule has 0 aromatic heterocycles. The number of nitrogens with zero attached hydrogens (tertiary/aromatic N) is 2. The molecule has 1 saturated carbocycles. The van der Waals surface area contributed by atoms with Crippen molar-refractivity contribution in [1.29, 1.82) is 0 Å². The first-order valence-electron chi connectivity index (χ1n) is 14.8. The van der Waals surface area contributed by atoms with Gasteiger partial charge in [0.15, 0.2) is 11.5 Å². The van der Waals surface area contributed by atoms with E-state index in [1.165, 1.54) is 6.92 Å². The molecule has 2 heterocycles. The lowest BCUT2D eigenvalue weighted by molar-refractivity contribution is -0.200. The molecule has 1 spiro atoms. The van der Waals surface area contributed by atoms with E-state index in [4.69, 9.17) is 32.7 Å². The maximum absolute atomic E-state index is 14.1. The molecule has 1 amide bonds. The molecule has 2 aliphatic carbocycles. The molecule has 2 bridgehead atoms. The van der Waals surface area contributed by atoms with Crippen LogP contribution in [-0.4, -0.2) is 70.2 Å². The van der Waals surface area contributed by atoms with Gasteiger partial charge in [0.1, 0.15) is 6.10 Å². The summed E-state index contributed by atoms with van der Waals surface area (Å²) in [6, 6.07) is 8.72. The van der Waals surface area contributed by atoms with Crippen LogP contribution < -0.4 is 9.47 Å². The van der Waals surface area contributed by atoms with E-state index in [2.05, 4.69) is 25.3 Å². The predicted molar refractivity (Wildman–Crippen MR) is 162 cm³/mol. The van der Waals surface area contributed by atoms with Gasteiger partial charge in [-0.25, -0.2) is 0 Å². The maximum Gasteiger partial charge on any atom is 0.308 e. The lowest BCUT2D eigenvalue weighted by Gasteiger charge is -2.64. The van der Waals surface area contributed by atoms with E-state index in [1.54, 1.807) is 18.2 Å². The summed E-state index contributed by atoms with van der Waals surface area (Å²) < 4.78 is 12.5. The number of aliphatic hydroxyl groups is 1. The second-order valence-electron chi connectivity index (χ2n) is 12.7. The van der Waals surface area contributed by atoms with Gasteiger partial charge in [0.2, 0.25) is 5.91 Å². The molecule has 224 valence electrons. The van der Waals surface area contributed by atoms with Crippen LogP contribution in [0, 0.1) is 5.92 Å². The van der Waals surface area contributed by atoms with E-state index < -0.39 is 23.1 Å². The van der Waals surface area contributed by atoms with Crippen LogP contribution in [0.1, 0.15) is 56.7 Å². The first kappa shape index (κ1) is 29.5. The smallest absolute Gasteiger partial charge is 0.308 e. The molecule has 9 heteroatoms. The largest absolute Gasteiger partial charge is 0.483 e. The molecule has 0 unspecified atom stereocenters. The minimum Gasteiger partial charge on any atom is -0.483 e. The van der Waals surface area contributed by atoms with E-state index in [9.17, 15) is 14.7 Å². The van der Waals surface area contributed by atoms with Crippen molar-refractivity contribution in [3.63, 3.8) is 0 Å². The molecule has 2 fully saturated rings. The topological polar surface area (TPSA) is 79.3 Å². The van der Waals surface area contributed by atoms with Gasteiger partial charge in [-0.05, 0) is 67.5 Å². The highest BCUT2D eigenvalue weighted by molar-refractivity contribution is 6.42. The van der Waals surface area contributed by atoms with Crippen molar-refractivity contribution in [3.05, 3.63) is 69.7 Å². The van der Waals surface area contributed by atoms with E-state index in [1.807, 2.05) is 23.1 Å². The molecule has 1 N–H and O–H groups in total. The number of halogens is 2. The summed E-state index contributed by atoms with van der Waals surface area (Å²) >= 11 is 12.4. The first-order valence-corrected chi connectivity index (χ1v) is 15.6. The zero-order valence-corrected chi connectivity index (χ0v) is 25.9. The van der Waals surface area contributed by atoms with Crippen LogP contribution in [0.25, 0.3) is 0 Å². The molecular weight excluding hydrogens is 575 g/mol. The SMILES string of the molecule is C=CCN1CC[C@]23c4c5ccc(OC(C)=O)c4O[C@H]2[C@@H](N(CC(C)C)C(=O)Cc2ccc(Cl)c(Cl)c2)CC[C@@]3(O)[C@H]1C5. The van der Waals surface area contributed by atoms with Crippen LogP contribution in [0.4, 0.5) is 0 Å². The lowest BCUT2D eigenvalue weighted by atomic mass is 9.48. The Kier molecular flexibility index (Phi) is 7.62. The number of carbonyl (C=O) groups excluding carboxylic acids is 2. The summed E-state index contributed by atoms with van der Waals surface area (Å²) in [5.74, 6) is 0.670. The van der Waals surface area contributed by atoms with Crippen LogP contribution in [0.5, 0.6) is 11.5 Å². The van der Waals surface area contributed by atoms with Gasteiger partial charge in [-0.2, -0.15) is 0 Å². The number of ether oxygens (including phenoxy) is 2. The molecule has 2 aromatic carbocycles.